The number of fused-ring (bicyclic) bond motifs is 1. The van der Waals surface area contributed by atoms with Crippen molar-refractivity contribution in [1.29, 1.82) is 0 Å². The van der Waals surface area contributed by atoms with Crippen molar-refractivity contribution in [2.24, 2.45) is 0 Å². The maximum Gasteiger partial charge on any atom is 0.272 e. The Balaban J connectivity index is 2.20. The molecule has 0 radical (unpaired) electrons. The molecule has 0 saturated heterocycles. The molecule has 0 spiro atoms. The van der Waals surface area contributed by atoms with Crippen LogP contribution < -0.4 is 5.56 Å². The SMILES string of the molecule is CC(C)c1ccc(-c2n[nH]c(=O)c3ccccc23)cc1. The molecule has 3 aromatic rings. The smallest absolute Gasteiger partial charge is 0.267 e. The first kappa shape index (κ1) is 12.6. The fourth-order valence-corrected chi connectivity index (χ4v) is 2.36. The molecular formula is C17H16N2O. The van der Waals surface area contributed by atoms with E-state index in [4.69, 9.17) is 0 Å². The highest BCUT2D eigenvalue weighted by Crippen LogP contribution is 2.25. The van der Waals surface area contributed by atoms with Gasteiger partial charge in [-0.25, -0.2) is 5.10 Å². The van der Waals surface area contributed by atoms with Gasteiger partial charge in [0, 0.05) is 10.9 Å². The average Bonchev–Trinajstić information content (AvgIpc) is 2.48. The van der Waals surface area contributed by atoms with Crippen LogP contribution in [-0.2, 0) is 0 Å². The van der Waals surface area contributed by atoms with Crippen LogP contribution in [-0.4, -0.2) is 10.2 Å². The first-order valence-electron chi connectivity index (χ1n) is 6.74. The maximum atomic E-state index is 11.8. The Morgan fingerprint density at radius 2 is 1.60 bits per heavy atom. The Morgan fingerprint density at radius 1 is 0.950 bits per heavy atom. The Labute approximate surface area is 117 Å². The Kier molecular flexibility index (Phi) is 3.11. The summed E-state index contributed by atoms with van der Waals surface area (Å²) in [4.78, 5) is 11.8. The number of benzene rings is 2. The van der Waals surface area contributed by atoms with Crippen molar-refractivity contribution in [1.82, 2.24) is 10.2 Å². The lowest BCUT2D eigenvalue weighted by Crippen LogP contribution is -2.09. The van der Waals surface area contributed by atoms with Crippen LogP contribution >= 0.6 is 0 Å². The third-order valence-electron chi connectivity index (χ3n) is 3.55. The van der Waals surface area contributed by atoms with Crippen LogP contribution in [0.4, 0.5) is 0 Å². The first-order valence-corrected chi connectivity index (χ1v) is 6.74. The molecule has 0 fully saturated rings. The minimum Gasteiger partial charge on any atom is -0.267 e. The van der Waals surface area contributed by atoms with Gasteiger partial charge in [-0.15, -0.1) is 0 Å². The second-order valence-electron chi connectivity index (χ2n) is 5.22. The van der Waals surface area contributed by atoms with E-state index in [9.17, 15) is 4.79 Å². The van der Waals surface area contributed by atoms with Gasteiger partial charge in [-0.3, -0.25) is 4.79 Å². The molecule has 100 valence electrons. The molecule has 0 unspecified atom stereocenters. The number of aromatic amines is 1. The normalized spacial score (nSPS) is 11.2. The number of hydrogen-bond donors (Lipinski definition) is 1. The van der Waals surface area contributed by atoms with Crippen molar-refractivity contribution < 1.29 is 0 Å². The Bertz CT molecular complexity index is 801. The van der Waals surface area contributed by atoms with Gasteiger partial charge in [0.05, 0.1) is 11.1 Å². The topological polar surface area (TPSA) is 45.8 Å². The van der Waals surface area contributed by atoms with Gasteiger partial charge in [0.1, 0.15) is 0 Å². The molecule has 0 saturated carbocycles. The summed E-state index contributed by atoms with van der Waals surface area (Å²) >= 11 is 0. The predicted octanol–water partition coefficient (Wildman–Crippen LogP) is 3.71. The molecule has 1 aromatic heterocycles. The zero-order valence-corrected chi connectivity index (χ0v) is 11.6. The minimum atomic E-state index is -0.150. The highest BCUT2D eigenvalue weighted by Gasteiger charge is 2.08. The number of H-pyrrole nitrogens is 1. The van der Waals surface area contributed by atoms with Gasteiger partial charge in [-0.05, 0) is 17.5 Å². The fourth-order valence-electron chi connectivity index (χ4n) is 2.36. The molecule has 0 atom stereocenters. The van der Waals surface area contributed by atoms with Crippen molar-refractivity contribution in [3.8, 4) is 11.3 Å². The highest BCUT2D eigenvalue weighted by atomic mass is 16.1. The highest BCUT2D eigenvalue weighted by molar-refractivity contribution is 5.93. The number of nitrogens with zero attached hydrogens (tertiary/aromatic N) is 1. The fraction of sp³-hybridized carbons (Fsp3) is 0.176. The Morgan fingerprint density at radius 3 is 2.25 bits per heavy atom. The van der Waals surface area contributed by atoms with Crippen LogP contribution in [0.1, 0.15) is 25.3 Å². The largest absolute Gasteiger partial charge is 0.272 e. The summed E-state index contributed by atoms with van der Waals surface area (Å²) in [6, 6.07) is 15.9. The first-order chi connectivity index (χ1) is 9.66. The molecule has 3 nitrogen and oxygen atoms in total. The lowest BCUT2D eigenvalue weighted by Gasteiger charge is -2.08. The summed E-state index contributed by atoms with van der Waals surface area (Å²) in [7, 11) is 0. The summed E-state index contributed by atoms with van der Waals surface area (Å²) in [5.41, 5.74) is 2.97. The van der Waals surface area contributed by atoms with Gasteiger partial charge >= 0.3 is 0 Å². The van der Waals surface area contributed by atoms with Crippen LogP contribution in [0, 0.1) is 0 Å². The van der Waals surface area contributed by atoms with Gasteiger partial charge in [-0.2, -0.15) is 5.10 Å². The molecule has 20 heavy (non-hydrogen) atoms. The second kappa shape index (κ2) is 4.93. The number of nitrogens with one attached hydrogen (secondary N) is 1. The van der Waals surface area contributed by atoms with E-state index in [0.29, 0.717) is 11.3 Å². The standard InChI is InChI=1S/C17H16N2O/c1-11(2)12-7-9-13(10-8-12)16-14-5-3-4-6-15(14)17(20)19-18-16/h3-11H,1-2H3,(H,19,20). The maximum absolute atomic E-state index is 11.8. The van der Waals surface area contributed by atoms with Crippen molar-refractivity contribution in [2.75, 3.05) is 0 Å². The average molecular weight is 264 g/mol. The monoisotopic (exact) mass is 264 g/mol. The van der Waals surface area contributed by atoms with E-state index in [1.165, 1.54) is 5.56 Å². The minimum absolute atomic E-state index is 0.150. The number of hydrogen-bond acceptors (Lipinski definition) is 2. The van der Waals surface area contributed by atoms with Crippen LogP contribution in [0.2, 0.25) is 0 Å². The predicted molar refractivity (Wildman–Crippen MR) is 81.9 cm³/mol. The summed E-state index contributed by atoms with van der Waals surface area (Å²) in [6.07, 6.45) is 0. The van der Waals surface area contributed by atoms with E-state index in [2.05, 4.69) is 48.3 Å². The lowest BCUT2D eigenvalue weighted by molar-refractivity contribution is 0.867. The van der Waals surface area contributed by atoms with E-state index in [1.54, 1.807) is 0 Å². The molecule has 1 N–H and O–H groups in total. The lowest BCUT2D eigenvalue weighted by atomic mass is 9.99. The quantitative estimate of drug-likeness (QED) is 0.766. The summed E-state index contributed by atoms with van der Waals surface area (Å²) in [5.74, 6) is 0.504. The summed E-state index contributed by atoms with van der Waals surface area (Å²) in [6.45, 7) is 4.34. The van der Waals surface area contributed by atoms with Crippen LogP contribution in [0.3, 0.4) is 0 Å². The molecule has 0 aliphatic heterocycles. The zero-order chi connectivity index (χ0) is 14.1. The van der Waals surface area contributed by atoms with E-state index in [1.807, 2.05) is 24.3 Å². The van der Waals surface area contributed by atoms with E-state index in [-0.39, 0.29) is 5.56 Å². The van der Waals surface area contributed by atoms with Crippen molar-refractivity contribution in [3.63, 3.8) is 0 Å². The van der Waals surface area contributed by atoms with E-state index in [0.717, 1.165) is 16.6 Å². The van der Waals surface area contributed by atoms with E-state index < -0.39 is 0 Å². The van der Waals surface area contributed by atoms with Gasteiger partial charge in [0.15, 0.2) is 0 Å². The molecule has 3 heteroatoms. The number of aromatic nitrogens is 2. The van der Waals surface area contributed by atoms with Crippen molar-refractivity contribution in [2.45, 2.75) is 19.8 Å². The molecule has 0 bridgehead atoms. The van der Waals surface area contributed by atoms with Gasteiger partial charge < -0.3 is 0 Å². The summed E-state index contributed by atoms with van der Waals surface area (Å²) in [5, 5.41) is 8.34. The number of rotatable bonds is 2. The third kappa shape index (κ3) is 2.11. The second-order valence-corrected chi connectivity index (χ2v) is 5.22. The zero-order valence-electron chi connectivity index (χ0n) is 11.6. The molecule has 0 aliphatic carbocycles. The van der Waals surface area contributed by atoms with Gasteiger partial charge in [0.25, 0.3) is 5.56 Å². The molecule has 0 amide bonds. The Hall–Kier alpha value is -2.42. The summed E-state index contributed by atoms with van der Waals surface area (Å²) < 4.78 is 0. The molecule has 2 aromatic carbocycles. The molecule has 3 rings (SSSR count). The van der Waals surface area contributed by atoms with E-state index >= 15 is 0 Å². The van der Waals surface area contributed by atoms with Crippen LogP contribution in [0.5, 0.6) is 0 Å². The molecule has 1 heterocycles. The van der Waals surface area contributed by atoms with Crippen molar-refractivity contribution in [3.05, 3.63) is 64.4 Å². The van der Waals surface area contributed by atoms with Crippen LogP contribution in [0.25, 0.3) is 22.0 Å². The van der Waals surface area contributed by atoms with Crippen molar-refractivity contribution >= 4 is 10.8 Å². The molecular weight excluding hydrogens is 248 g/mol. The van der Waals surface area contributed by atoms with Gasteiger partial charge in [-0.1, -0.05) is 56.3 Å². The molecule has 0 aliphatic rings. The van der Waals surface area contributed by atoms with Gasteiger partial charge in [0.2, 0.25) is 0 Å². The third-order valence-corrected chi connectivity index (χ3v) is 3.55. The van der Waals surface area contributed by atoms with Crippen LogP contribution in [0.15, 0.2) is 53.3 Å².